The van der Waals surface area contributed by atoms with Gasteiger partial charge < -0.3 is 9.29 Å². The highest BCUT2D eigenvalue weighted by atomic mass is 32.2. The Morgan fingerprint density at radius 1 is 1.75 bits per heavy atom. The molecule has 1 heterocycles. The van der Waals surface area contributed by atoms with Crippen LogP contribution in [0.1, 0.15) is 13.3 Å². The van der Waals surface area contributed by atoms with E-state index in [1.807, 2.05) is 6.92 Å². The Kier molecular flexibility index (Phi) is 4.02. The molecule has 0 radical (unpaired) electrons. The van der Waals surface area contributed by atoms with Gasteiger partial charge in [0.15, 0.2) is 0 Å². The van der Waals surface area contributed by atoms with E-state index in [4.69, 9.17) is 4.74 Å². The Bertz CT molecular complexity index is 166. The summed E-state index contributed by atoms with van der Waals surface area (Å²) in [6.45, 7) is 2.50. The summed E-state index contributed by atoms with van der Waals surface area (Å²) in [7, 11) is 0. The molecule has 0 aromatic carbocycles. The smallest absolute Gasteiger partial charge is 0.0883 e. The van der Waals surface area contributed by atoms with E-state index in [2.05, 4.69) is 0 Å². The lowest BCUT2D eigenvalue weighted by Gasteiger charge is -2.28. The number of rotatable bonds is 4. The first-order valence-corrected chi connectivity index (χ1v) is 6.36. The summed E-state index contributed by atoms with van der Waals surface area (Å²) >= 11 is -0.220. The number of thioether (sulfide) groups is 1. The second-order valence-electron chi connectivity index (χ2n) is 2.87. The Balaban J connectivity index is 2.52. The van der Waals surface area contributed by atoms with Gasteiger partial charge in [0.1, 0.15) is 0 Å². The van der Waals surface area contributed by atoms with Gasteiger partial charge in [-0.25, -0.2) is 0 Å². The molecule has 0 amide bonds. The third kappa shape index (κ3) is 2.73. The zero-order chi connectivity index (χ0) is 9.03. The van der Waals surface area contributed by atoms with Crippen molar-refractivity contribution in [3.63, 3.8) is 0 Å². The average molecular weight is 209 g/mol. The fourth-order valence-electron chi connectivity index (χ4n) is 1.38. The van der Waals surface area contributed by atoms with Crippen molar-refractivity contribution in [1.29, 1.82) is 0 Å². The maximum absolute atomic E-state index is 10.5. The van der Waals surface area contributed by atoms with Crippen LogP contribution in [0.15, 0.2) is 0 Å². The largest absolute Gasteiger partial charge is 0.772 e. The molecule has 0 bridgehead atoms. The Morgan fingerprint density at radius 3 is 2.92 bits per heavy atom. The number of ether oxygens (including phenoxy) is 1. The van der Waals surface area contributed by atoms with Crippen LogP contribution in [0.3, 0.4) is 0 Å². The summed E-state index contributed by atoms with van der Waals surface area (Å²) in [5.41, 5.74) is -0.383. The summed E-state index contributed by atoms with van der Waals surface area (Å²) in [5, 5.41) is 0. The molecule has 1 fully saturated rings. The van der Waals surface area contributed by atoms with Crippen LogP contribution in [0.2, 0.25) is 0 Å². The predicted molar refractivity (Wildman–Crippen MR) is 50.1 cm³/mol. The zero-order valence-electron chi connectivity index (χ0n) is 7.08. The van der Waals surface area contributed by atoms with E-state index in [-0.39, 0.29) is 11.4 Å². The molecule has 1 aliphatic rings. The van der Waals surface area contributed by atoms with Gasteiger partial charge in [0.05, 0.1) is 5.60 Å². The van der Waals surface area contributed by atoms with Gasteiger partial charge in [-0.1, -0.05) is 11.1 Å². The molecule has 2 atom stereocenters. The molecule has 0 aromatic heterocycles. The van der Waals surface area contributed by atoms with Crippen molar-refractivity contribution in [3.05, 3.63) is 0 Å². The topological polar surface area (TPSA) is 49.4 Å². The van der Waals surface area contributed by atoms with Crippen LogP contribution < -0.4 is 0 Å². The van der Waals surface area contributed by atoms with Crippen molar-refractivity contribution in [2.45, 2.75) is 18.9 Å². The molecule has 5 heteroatoms. The maximum Gasteiger partial charge on any atom is 0.0883 e. The van der Waals surface area contributed by atoms with E-state index in [1.54, 1.807) is 11.8 Å². The summed E-state index contributed by atoms with van der Waals surface area (Å²) in [5.74, 6) is 1.97. The highest BCUT2D eigenvalue weighted by Crippen LogP contribution is 2.31. The van der Waals surface area contributed by atoms with Crippen LogP contribution in [0, 0.1) is 0 Å². The minimum Gasteiger partial charge on any atom is -0.772 e. The van der Waals surface area contributed by atoms with Gasteiger partial charge in [-0.2, -0.15) is 11.8 Å². The van der Waals surface area contributed by atoms with E-state index in [1.165, 1.54) is 0 Å². The summed E-state index contributed by atoms with van der Waals surface area (Å²) in [4.78, 5) is 0. The van der Waals surface area contributed by atoms with Crippen molar-refractivity contribution >= 4 is 22.8 Å². The molecule has 0 aliphatic carbocycles. The molecule has 0 aromatic rings. The molecule has 12 heavy (non-hydrogen) atoms. The lowest BCUT2D eigenvalue weighted by molar-refractivity contribution is -0.000937. The van der Waals surface area contributed by atoms with E-state index in [0.717, 1.165) is 17.9 Å². The molecule has 0 saturated carbocycles. The van der Waals surface area contributed by atoms with Gasteiger partial charge in [-0.05, 0) is 19.1 Å². The van der Waals surface area contributed by atoms with Crippen molar-refractivity contribution in [1.82, 2.24) is 0 Å². The van der Waals surface area contributed by atoms with Crippen LogP contribution in [0.5, 0.6) is 0 Å². The molecular formula is C7H13O3S2-. The molecule has 0 N–H and O–H groups in total. The molecule has 1 rings (SSSR count). The first kappa shape index (κ1) is 10.5. The molecule has 0 spiro atoms. The first-order chi connectivity index (χ1) is 5.68. The minimum atomic E-state index is -1.98. The molecule has 2 unspecified atom stereocenters. The average Bonchev–Trinajstić information content (AvgIpc) is 2.36. The quantitative estimate of drug-likeness (QED) is 0.642. The first-order valence-electron chi connectivity index (χ1n) is 3.96. The lowest BCUT2D eigenvalue weighted by atomic mass is 10.1. The van der Waals surface area contributed by atoms with Gasteiger partial charge in [-0.3, -0.25) is 4.21 Å². The van der Waals surface area contributed by atoms with Crippen molar-refractivity contribution < 1.29 is 13.5 Å². The van der Waals surface area contributed by atoms with Crippen LogP contribution in [0.25, 0.3) is 0 Å². The summed E-state index contributed by atoms with van der Waals surface area (Å²) < 4.78 is 26.6. The van der Waals surface area contributed by atoms with Gasteiger partial charge in [-0.15, -0.1) is 0 Å². The van der Waals surface area contributed by atoms with Crippen molar-refractivity contribution in [3.8, 4) is 0 Å². The molecular weight excluding hydrogens is 196 g/mol. The van der Waals surface area contributed by atoms with Gasteiger partial charge in [0, 0.05) is 18.1 Å². The predicted octanol–water partition coefficient (Wildman–Crippen LogP) is 0.778. The number of hydrogen-bond acceptors (Lipinski definition) is 4. The van der Waals surface area contributed by atoms with Gasteiger partial charge in [0.2, 0.25) is 0 Å². The highest BCUT2D eigenvalue weighted by Gasteiger charge is 2.35. The molecule has 1 saturated heterocycles. The van der Waals surface area contributed by atoms with Crippen LogP contribution in [0.4, 0.5) is 0 Å². The third-order valence-corrected chi connectivity index (χ3v) is 3.88. The van der Waals surface area contributed by atoms with Crippen molar-refractivity contribution in [2.24, 2.45) is 0 Å². The van der Waals surface area contributed by atoms with Gasteiger partial charge >= 0.3 is 0 Å². The van der Waals surface area contributed by atoms with E-state index in [0.29, 0.717) is 6.61 Å². The van der Waals surface area contributed by atoms with E-state index < -0.39 is 11.1 Å². The Labute approximate surface area is 79.5 Å². The third-order valence-electron chi connectivity index (χ3n) is 1.90. The monoisotopic (exact) mass is 209 g/mol. The minimum absolute atomic E-state index is 0.147. The molecule has 1 aliphatic heterocycles. The highest BCUT2D eigenvalue weighted by molar-refractivity contribution is 7.99. The van der Waals surface area contributed by atoms with E-state index in [9.17, 15) is 8.76 Å². The Hall–Kier alpha value is 0.420. The molecule has 3 nitrogen and oxygen atoms in total. The fourth-order valence-corrected chi connectivity index (χ4v) is 3.63. The van der Waals surface area contributed by atoms with Crippen molar-refractivity contribution in [2.75, 3.05) is 23.9 Å². The van der Waals surface area contributed by atoms with Gasteiger partial charge in [0.25, 0.3) is 0 Å². The SMILES string of the molecule is CCOC1(CS(=O)[O-])CCSC1. The second kappa shape index (κ2) is 4.60. The maximum atomic E-state index is 10.5. The molecule has 72 valence electrons. The lowest BCUT2D eigenvalue weighted by Crippen LogP contribution is -2.38. The summed E-state index contributed by atoms with van der Waals surface area (Å²) in [6, 6.07) is 0. The normalized spacial score (nSPS) is 32.2. The second-order valence-corrected chi connectivity index (χ2v) is 4.87. The zero-order valence-corrected chi connectivity index (χ0v) is 8.71. The van der Waals surface area contributed by atoms with Crippen LogP contribution in [-0.2, 0) is 15.8 Å². The standard InChI is InChI=1S/C7H14O3S2/c1-2-10-7(6-12(8)9)3-4-11-5-7/h2-6H2,1H3,(H,8,9)/p-1. The number of hydrogen-bond donors (Lipinski definition) is 0. The fraction of sp³-hybridized carbons (Fsp3) is 1.00. The van der Waals surface area contributed by atoms with Crippen LogP contribution in [-0.4, -0.2) is 38.2 Å². The van der Waals surface area contributed by atoms with Crippen LogP contribution >= 0.6 is 11.8 Å². The summed E-state index contributed by atoms with van der Waals surface area (Å²) in [6.07, 6.45) is 0.861. The van der Waals surface area contributed by atoms with E-state index >= 15 is 0 Å². The Morgan fingerprint density at radius 2 is 2.50 bits per heavy atom.